The average molecular weight is 262 g/mol. The molecule has 2 aromatic heterocycles. The zero-order valence-corrected chi connectivity index (χ0v) is 10.4. The Morgan fingerprint density at radius 1 is 1.47 bits per heavy atom. The number of aryl methyl sites for hydroxylation is 1. The molecule has 0 amide bonds. The van der Waals surface area contributed by atoms with Crippen LogP contribution in [-0.4, -0.2) is 26.2 Å². The number of nitrogens with zero attached hydrogens (tertiary/aromatic N) is 4. The van der Waals surface area contributed by atoms with E-state index in [-0.39, 0.29) is 11.5 Å². The summed E-state index contributed by atoms with van der Waals surface area (Å²) in [4.78, 5) is 14.0. The van der Waals surface area contributed by atoms with Gasteiger partial charge in [0.05, 0.1) is 10.6 Å². The van der Waals surface area contributed by atoms with Crippen molar-refractivity contribution in [2.45, 2.75) is 6.42 Å². The van der Waals surface area contributed by atoms with Crippen molar-refractivity contribution in [3.05, 3.63) is 40.2 Å². The Labute approximate surface area is 109 Å². The van der Waals surface area contributed by atoms with E-state index in [9.17, 15) is 10.1 Å². The standard InChI is InChI=1S/C11H14N6O2/c1-16-7-5-8(15-16)4-6-13-10-3-2-9(17(18)19)11(12)14-10/h2-3,5,7H,4,6H2,1H3,(H3,12,13,14). The summed E-state index contributed by atoms with van der Waals surface area (Å²) < 4.78 is 1.73. The highest BCUT2D eigenvalue weighted by molar-refractivity contribution is 5.57. The van der Waals surface area contributed by atoms with E-state index in [2.05, 4.69) is 15.4 Å². The zero-order chi connectivity index (χ0) is 13.8. The molecule has 19 heavy (non-hydrogen) atoms. The van der Waals surface area contributed by atoms with E-state index in [1.807, 2.05) is 19.3 Å². The Hall–Kier alpha value is -2.64. The van der Waals surface area contributed by atoms with Crippen LogP contribution in [0.5, 0.6) is 0 Å². The SMILES string of the molecule is Cn1ccc(CCNc2ccc([N+](=O)[O-])c(N)n2)n1. The number of nitrogen functional groups attached to an aromatic ring is 1. The summed E-state index contributed by atoms with van der Waals surface area (Å²) in [7, 11) is 1.86. The van der Waals surface area contributed by atoms with Crippen molar-refractivity contribution in [1.29, 1.82) is 0 Å². The molecule has 0 aliphatic carbocycles. The molecule has 2 rings (SSSR count). The summed E-state index contributed by atoms with van der Waals surface area (Å²) in [5, 5.41) is 17.9. The third-order valence-corrected chi connectivity index (χ3v) is 2.56. The number of aromatic nitrogens is 3. The zero-order valence-electron chi connectivity index (χ0n) is 10.4. The predicted molar refractivity (Wildman–Crippen MR) is 70.7 cm³/mol. The van der Waals surface area contributed by atoms with Gasteiger partial charge in [0, 0.05) is 32.3 Å². The Kier molecular flexibility index (Phi) is 3.60. The maximum atomic E-state index is 10.6. The van der Waals surface area contributed by atoms with Gasteiger partial charge in [-0.05, 0) is 12.1 Å². The number of nitrogens with one attached hydrogen (secondary N) is 1. The van der Waals surface area contributed by atoms with Crippen LogP contribution in [0.4, 0.5) is 17.3 Å². The van der Waals surface area contributed by atoms with E-state index >= 15 is 0 Å². The van der Waals surface area contributed by atoms with Gasteiger partial charge in [-0.1, -0.05) is 0 Å². The molecular formula is C11H14N6O2. The van der Waals surface area contributed by atoms with Crippen molar-refractivity contribution in [2.24, 2.45) is 7.05 Å². The molecule has 3 N–H and O–H groups in total. The number of nitro groups is 1. The number of hydrogen-bond acceptors (Lipinski definition) is 6. The lowest BCUT2D eigenvalue weighted by molar-refractivity contribution is -0.384. The summed E-state index contributed by atoms with van der Waals surface area (Å²) in [6.07, 6.45) is 2.61. The molecular weight excluding hydrogens is 248 g/mol. The second kappa shape index (κ2) is 5.34. The summed E-state index contributed by atoms with van der Waals surface area (Å²) >= 11 is 0. The fourth-order valence-corrected chi connectivity index (χ4v) is 1.64. The van der Waals surface area contributed by atoms with Gasteiger partial charge < -0.3 is 11.1 Å². The number of hydrogen-bond donors (Lipinski definition) is 2. The molecule has 0 spiro atoms. The maximum Gasteiger partial charge on any atom is 0.311 e. The van der Waals surface area contributed by atoms with Crippen molar-refractivity contribution < 1.29 is 4.92 Å². The van der Waals surface area contributed by atoms with Gasteiger partial charge in [0.25, 0.3) is 0 Å². The fourth-order valence-electron chi connectivity index (χ4n) is 1.64. The van der Waals surface area contributed by atoms with Crippen LogP contribution >= 0.6 is 0 Å². The summed E-state index contributed by atoms with van der Waals surface area (Å²) in [6, 6.07) is 4.80. The molecule has 0 unspecified atom stereocenters. The predicted octanol–water partition coefficient (Wildman–Crippen LogP) is 0.960. The Bertz CT molecular complexity index is 595. The van der Waals surface area contributed by atoms with Gasteiger partial charge in [-0.3, -0.25) is 14.8 Å². The van der Waals surface area contributed by atoms with Crippen LogP contribution in [-0.2, 0) is 13.5 Å². The van der Waals surface area contributed by atoms with Crippen LogP contribution in [0.25, 0.3) is 0 Å². The molecule has 0 radical (unpaired) electrons. The second-order valence-electron chi connectivity index (χ2n) is 4.02. The second-order valence-corrected chi connectivity index (χ2v) is 4.02. The number of nitrogens with two attached hydrogens (primary N) is 1. The van der Waals surface area contributed by atoms with Gasteiger partial charge in [0.15, 0.2) is 0 Å². The van der Waals surface area contributed by atoms with E-state index in [1.54, 1.807) is 4.68 Å². The van der Waals surface area contributed by atoms with Crippen LogP contribution in [0.2, 0.25) is 0 Å². The van der Waals surface area contributed by atoms with Crippen molar-refractivity contribution in [2.75, 3.05) is 17.6 Å². The molecule has 0 atom stereocenters. The van der Waals surface area contributed by atoms with Gasteiger partial charge in [0.1, 0.15) is 5.82 Å². The molecule has 2 heterocycles. The molecule has 0 saturated heterocycles. The van der Waals surface area contributed by atoms with Crippen LogP contribution in [0.15, 0.2) is 24.4 Å². The van der Waals surface area contributed by atoms with Crippen molar-refractivity contribution in [3.8, 4) is 0 Å². The van der Waals surface area contributed by atoms with Crippen molar-refractivity contribution >= 4 is 17.3 Å². The third-order valence-electron chi connectivity index (χ3n) is 2.56. The average Bonchev–Trinajstić information content (AvgIpc) is 2.75. The lowest BCUT2D eigenvalue weighted by Crippen LogP contribution is -2.08. The fraction of sp³-hybridized carbons (Fsp3) is 0.273. The molecule has 0 fully saturated rings. The molecule has 2 aromatic rings. The van der Waals surface area contributed by atoms with Crippen LogP contribution in [0.1, 0.15) is 5.69 Å². The first kappa shape index (κ1) is 12.8. The van der Waals surface area contributed by atoms with Gasteiger partial charge >= 0.3 is 5.69 Å². The highest BCUT2D eigenvalue weighted by Crippen LogP contribution is 2.20. The van der Waals surface area contributed by atoms with Crippen LogP contribution in [0, 0.1) is 10.1 Å². The van der Waals surface area contributed by atoms with Gasteiger partial charge in [0.2, 0.25) is 5.82 Å². The topological polar surface area (TPSA) is 112 Å². The minimum atomic E-state index is -0.556. The van der Waals surface area contributed by atoms with E-state index in [1.165, 1.54) is 12.1 Å². The molecule has 0 aromatic carbocycles. The molecule has 0 aliphatic rings. The Morgan fingerprint density at radius 3 is 2.84 bits per heavy atom. The first-order valence-corrected chi connectivity index (χ1v) is 5.69. The third kappa shape index (κ3) is 3.18. The number of rotatable bonds is 5. The highest BCUT2D eigenvalue weighted by Gasteiger charge is 2.12. The summed E-state index contributed by atoms with van der Waals surface area (Å²) in [5.41, 5.74) is 6.28. The normalized spacial score (nSPS) is 10.4. The van der Waals surface area contributed by atoms with Crippen LogP contribution in [0.3, 0.4) is 0 Å². The minimum absolute atomic E-state index is 0.0900. The molecule has 0 saturated carbocycles. The quantitative estimate of drug-likeness (QED) is 0.613. The van der Waals surface area contributed by atoms with Crippen molar-refractivity contribution in [1.82, 2.24) is 14.8 Å². The van der Waals surface area contributed by atoms with E-state index < -0.39 is 4.92 Å². The van der Waals surface area contributed by atoms with Gasteiger partial charge in [-0.2, -0.15) is 5.10 Å². The molecule has 8 heteroatoms. The van der Waals surface area contributed by atoms with E-state index in [4.69, 9.17) is 5.73 Å². The van der Waals surface area contributed by atoms with Crippen molar-refractivity contribution in [3.63, 3.8) is 0 Å². The van der Waals surface area contributed by atoms with Gasteiger partial charge in [-0.25, -0.2) is 4.98 Å². The van der Waals surface area contributed by atoms with Crippen LogP contribution < -0.4 is 11.1 Å². The van der Waals surface area contributed by atoms with Gasteiger partial charge in [-0.15, -0.1) is 0 Å². The summed E-state index contributed by atoms with van der Waals surface area (Å²) in [5.74, 6) is 0.423. The molecule has 100 valence electrons. The van der Waals surface area contributed by atoms with E-state index in [0.29, 0.717) is 12.4 Å². The molecule has 8 nitrogen and oxygen atoms in total. The lowest BCUT2D eigenvalue weighted by Gasteiger charge is -2.05. The number of anilines is 2. The maximum absolute atomic E-state index is 10.6. The smallest absolute Gasteiger partial charge is 0.311 e. The Morgan fingerprint density at radius 2 is 2.26 bits per heavy atom. The first-order chi connectivity index (χ1) is 9.06. The summed E-state index contributed by atoms with van der Waals surface area (Å²) in [6.45, 7) is 0.626. The molecule has 0 bridgehead atoms. The largest absolute Gasteiger partial charge is 0.378 e. The first-order valence-electron chi connectivity index (χ1n) is 5.69. The number of pyridine rings is 1. The molecule has 0 aliphatic heterocycles. The monoisotopic (exact) mass is 262 g/mol. The Balaban J connectivity index is 1.93. The highest BCUT2D eigenvalue weighted by atomic mass is 16.6. The minimum Gasteiger partial charge on any atom is -0.378 e. The van der Waals surface area contributed by atoms with E-state index in [0.717, 1.165) is 12.1 Å². The lowest BCUT2D eigenvalue weighted by atomic mass is 10.3.